The third-order valence-electron chi connectivity index (χ3n) is 5.60. The first kappa shape index (κ1) is 23.4. The van der Waals surface area contributed by atoms with Crippen LogP contribution in [0.15, 0.2) is 71.3 Å². The smallest absolute Gasteiger partial charge is 0.407 e. The van der Waals surface area contributed by atoms with Gasteiger partial charge in [-0.25, -0.2) is 9.78 Å². The average molecular weight is 524 g/mol. The molecule has 3 aromatic rings. The van der Waals surface area contributed by atoms with Gasteiger partial charge in [0.15, 0.2) is 0 Å². The molecule has 1 heterocycles. The van der Waals surface area contributed by atoms with E-state index in [0.29, 0.717) is 4.47 Å². The van der Waals surface area contributed by atoms with Gasteiger partial charge >= 0.3 is 12.1 Å². The van der Waals surface area contributed by atoms with Crippen LogP contribution in [0.25, 0.3) is 11.1 Å². The Morgan fingerprint density at radius 3 is 2.26 bits per heavy atom. The van der Waals surface area contributed by atoms with Crippen LogP contribution < -0.4 is 10.6 Å². The summed E-state index contributed by atoms with van der Waals surface area (Å²) < 4.78 is 6.06. The van der Waals surface area contributed by atoms with Crippen LogP contribution in [0.4, 0.5) is 10.6 Å². The number of rotatable bonds is 8. The van der Waals surface area contributed by atoms with E-state index in [0.717, 1.165) is 22.3 Å². The molecule has 1 unspecified atom stereocenters. The standard InChI is InChI=1S/C25H22BrN3O5/c26-20-10-5-13-27-23(20)29-24(32)21(11-12-22(30)31)28-25(33)34-14-19-17-8-3-1-6-15(17)16-7-2-4-9-18(16)19/h1-10,13,19,21H,11-12,14H2,(H,28,33)(H,30,31)(H,27,29,32). The zero-order valence-corrected chi connectivity index (χ0v) is 19.6. The number of fused-ring (bicyclic) bond motifs is 3. The molecule has 0 bridgehead atoms. The Kier molecular flexibility index (Phi) is 7.22. The normalized spacial score (nSPS) is 12.9. The number of anilines is 1. The summed E-state index contributed by atoms with van der Waals surface area (Å²) in [6.45, 7) is 0.0823. The topological polar surface area (TPSA) is 118 Å². The third kappa shape index (κ3) is 5.26. The number of benzene rings is 2. The number of carbonyl (C=O) groups excluding carboxylic acids is 2. The molecule has 0 saturated carbocycles. The number of nitrogens with one attached hydrogen (secondary N) is 2. The van der Waals surface area contributed by atoms with Crippen LogP contribution in [0.2, 0.25) is 0 Å². The molecule has 2 aromatic carbocycles. The molecule has 9 heteroatoms. The molecular weight excluding hydrogens is 502 g/mol. The zero-order valence-electron chi connectivity index (χ0n) is 18.0. The van der Waals surface area contributed by atoms with E-state index in [-0.39, 0.29) is 31.2 Å². The van der Waals surface area contributed by atoms with Gasteiger partial charge in [0, 0.05) is 18.5 Å². The minimum absolute atomic E-state index is 0.0823. The fourth-order valence-corrected chi connectivity index (χ4v) is 4.35. The lowest BCUT2D eigenvalue weighted by atomic mass is 9.98. The van der Waals surface area contributed by atoms with E-state index < -0.39 is 24.0 Å². The summed E-state index contributed by atoms with van der Waals surface area (Å²) in [6.07, 6.45) is 0.305. The van der Waals surface area contributed by atoms with Crippen LogP contribution >= 0.6 is 15.9 Å². The SMILES string of the molecule is O=C(O)CCC(NC(=O)OCC1c2ccccc2-c2ccccc21)C(=O)Nc1ncccc1Br. The number of carboxylic acid groups (broad SMARTS) is 1. The minimum atomic E-state index is -1.11. The quantitative estimate of drug-likeness (QED) is 0.398. The first-order valence-electron chi connectivity index (χ1n) is 10.7. The zero-order chi connectivity index (χ0) is 24.1. The number of halogens is 1. The number of carbonyl (C=O) groups is 3. The van der Waals surface area contributed by atoms with Gasteiger partial charge in [-0.3, -0.25) is 9.59 Å². The Labute approximate surface area is 204 Å². The Balaban J connectivity index is 1.43. The maximum Gasteiger partial charge on any atom is 0.407 e. The van der Waals surface area contributed by atoms with Crippen LogP contribution in [0.5, 0.6) is 0 Å². The number of hydrogen-bond acceptors (Lipinski definition) is 5. The van der Waals surface area contributed by atoms with Crippen LogP contribution in [-0.4, -0.2) is 40.7 Å². The highest BCUT2D eigenvalue weighted by Gasteiger charge is 2.30. The van der Waals surface area contributed by atoms with Crippen molar-refractivity contribution in [2.75, 3.05) is 11.9 Å². The molecule has 4 rings (SSSR count). The molecule has 174 valence electrons. The lowest BCUT2D eigenvalue weighted by Crippen LogP contribution is -2.44. The van der Waals surface area contributed by atoms with Gasteiger partial charge in [0.05, 0.1) is 4.47 Å². The number of ether oxygens (including phenoxy) is 1. The number of nitrogens with zero attached hydrogens (tertiary/aromatic N) is 1. The molecule has 1 aromatic heterocycles. The van der Waals surface area contributed by atoms with E-state index in [2.05, 4.69) is 31.5 Å². The van der Waals surface area contributed by atoms with Gasteiger partial charge in [-0.15, -0.1) is 0 Å². The molecule has 0 aliphatic heterocycles. The summed E-state index contributed by atoms with van der Waals surface area (Å²) >= 11 is 3.29. The number of aromatic nitrogens is 1. The molecular formula is C25H22BrN3O5. The maximum atomic E-state index is 12.8. The van der Waals surface area contributed by atoms with Gasteiger partial charge in [-0.1, -0.05) is 48.5 Å². The van der Waals surface area contributed by atoms with Crippen molar-refractivity contribution in [2.24, 2.45) is 0 Å². The van der Waals surface area contributed by atoms with E-state index >= 15 is 0 Å². The summed E-state index contributed by atoms with van der Waals surface area (Å²) in [7, 11) is 0. The van der Waals surface area contributed by atoms with Crippen LogP contribution in [0, 0.1) is 0 Å². The van der Waals surface area contributed by atoms with E-state index in [4.69, 9.17) is 9.84 Å². The number of amides is 2. The van der Waals surface area contributed by atoms with E-state index in [9.17, 15) is 14.4 Å². The molecule has 1 aliphatic rings. The lowest BCUT2D eigenvalue weighted by Gasteiger charge is -2.19. The average Bonchev–Trinajstić information content (AvgIpc) is 3.15. The molecule has 3 N–H and O–H groups in total. The van der Waals surface area contributed by atoms with Gasteiger partial charge < -0.3 is 20.5 Å². The van der Waals surface area contributed by atoms with Gasteiger partial charge in [0.25, 0.3) is 0 Å². The second-order valence-electron chi connectivity index (χ2n) is 7.78. The van der Waals surface area contributed by atoms with E-state index in [1.165, 1.54) is 6.20 Å². The Morgan fingerprint density at radius 1 is 1.00 bits per heavy atom. The van der Waals surface area contributed by atoms with Crippen LogP contribution in [0.1, 0.15) is 29.9 Å². The van der Waals surface area contributed by atoms with Crippen LogP contribution in [-0.2, 0) is 14.3 Å². The fourth-order valence-electron chi connectivity index (χ4n) is 4.00. The highest BCUT2D eigenvalue weighted by Crippen LogP contribution is 2.44. The minimum Gasteiger partial charge on any atom is -0.481 e. The molecule has 0 spiro atoms. The van der Waals surface area contributed by atoms with Crippen molar-refractivity contribution < 1.29 is 24.2 Å². The second kappa shape index (κ2) is 10.5. The Hall–Kier alpha value is -3.72. The third-order valence-corrected chi connectivity index (χ3v) is 6.24. The monoisotopic (exact) mass is 523 g/mol. The fraction of sp³-hybridized carbons (Fsp3) is 0.200. The molecule has 1 atom stereocenters. The number of carboxylic acids is 1. The summed E-state index contributed by atoms with van der Waals surface area (Å²) in [6, 6.07) is 18.2. The Bertz CT molecular complexity index is 1190. The highest BCUT2D eigenvalue weighted by molar-refractivity contribution is 9.10. The second-order valence-corrected chi connectivity index (χ2v) is 8.63. The first-order valence-corrected chi connectivity index (χ1v) is 11.5. The number of hydrogen-bond donors (Lipinski definition) is 3. The largest absolute Gasteiger partial charge is 0.481 e. The lowest BCUT2D eigenvalue weighted by molar-refractivity contribution is -0.137. The van der Waals surface area contributed by atoms with Crippen LogP contribution in [0.3, 0.4) is 0 Å². The summed E-state index contributed by atoms with van der Waals surface area (Å²) in [5, 5.41) is 14.2. The maximum absolute atomic E-state index is 12.8. The van der Waals surface area contributed by atoms with E-state index in [1.807, 2.05) is 48.5 Å². The molecule has 0 fully saturated rings. The van der Waals surface area contributed by atoms with E-state index in [1.54, 1.807) is 12.1 Å². The number of alkyl carbamates (subject to hydrolysis) is 1. The number of pyridine rings is 1. The molecule has 0 saturated heterocycles. The van der Waals surface area contributed by atoms with Gasteiger partial charge in [-0.05, 0) is 56.7 Å². The van der Waals surface area contributed by atoms with Gasteiger partial charge in [0.2, 0.25) is 5.91 Å². The van der Waals surface area contributed by atoms with Crippen molar-refractivity contribution in [2.45, 2.75) is 24.8 Å². The molecule has 34 heavy (non-hydrogen) atoms. The predicted molar refractivity (Wildman–Crippen MR) is 129 cm³/mol. The van der Waals surface area contributed by atoms with Crippen molar-refractivity contribution in [3.63, 3.8) is 0 Å². The van der Waals surface area contributed by atoms with Crippen molar-refractivity contribution in [3.8, 4) is 11.1 Å². The van der Waals surface area contributed by atoms with Crippen molar-refractivity contribution in [1.29, 1.82) is 0 Å². The molecule has 8 nitrogen and oxygen atoms in total. The van der Waals surface area contributed by atoms with Gasteiger partial charge in [-0.2, -0.15) is 0 Å². The molecule has 0 radical (unpaired) electrons. The van der Waals surface area contributed by atoms with Crippen molar-refractivity contribution in [3.05, 3.63) is 82.5 Å². The molecule has 1 aliphatic carbocycles. The number of aliphatic carboxylic acids is 1. The van der Waals surface area contributed by atoms with Gasteiger partial charge in [0.1, 0.15) is 18.5 Å². The molecule has 2 amide bonds. The summed E-state index contributed by atoms with van der Waals surface area (Å²) in [4.78, 5) is 40.5. The predicted octanol–water partition coefficient (Wildman–Crippen LogP) is 4.55. The summed E-state index contributed by atoms with van der Waals surface area (Å²) in [5.74, 6) is -1.53. The Morgan fingerprint density at radius 2 is 1.65 bits per heavy atom. The first-order chi connectivity index (χ1) is 16.4. The van der Waals surface area contributed by atoms with Crippen molar-refractivity contribution >= 4 is 39.7 Å². The summed E-state index contributed by atoms with van der Waals surface area (Å²) in [5.41, 5.74) is 4.34. The highest BCUT2D eigenvalue weighted by atomic mass is 79.9. The van der Waals surface area contributed by atoms with Crippen molar-refractivity contribution in [1.82, 2.24) is 10.3 Å².